The van der Waals surface area contributed by atoms with Crippen molar-refractivity contribution in [2.45, 2.75) is 24.8 Å². The molecule has 0 bridgehead atoms. The van der Waals surface area contributed by atoms with Crippen LogP contribution in [0.1, 0.15) is 32.4 Å². The van der Waals surface area contributed by atoms with Crippen LogP contribution in [0.2, 0.25) is 0 Å². The minimum absolute atomic E-state index is 0.0382. The zero-order chi connectivity index (χ0) is 18.8. The third-order valence-corrected chi connectivity index (χ3v) is 6.33. The van der Waals surface area contributed by atoms with E-state index in [1.165, 1.54) is 18.5 Å². The molecule has 1 heterocycles. The number of nitrogens with one attached hydrogen (secondary N) is 2. The molecule has 1 atom stereocenters. The van der Waals surface area contributed by atoms with Crippen LogP contribution in [0.5, 0.6) is 0 Å². The molecule has 0 aliphatic heterocycles. The van der Waals surface area contributed by atoms with Crippen LogP contribution in [0.15, 0.2) is 34.5 Å². The highest BCUT2D eigenvalue weighted by atomic mass is 32.2. The summed E-state index contributed by atoms with van der Waals surface area (Å²) in [7, 11) is -2.38. The van der Waals surface area contributed by atoms with Gasteiger partial charge in [0.1, 0.15) is 0 Å². The fourth-order valence-electron chi connectivity index (χ4n) is 2.26. The van der Waals surface area contributed by atoms with Crippen molar-refractivity contribution < 1.29 is 23.1 Å². The van der Waals surface area contributed by atoms with Crippen molar-refractivity contribution >= 4 is 33.2 Å². The Hall–Kier alpha value is -2.23. The molecule has 0 aliphatic carbocycles. The summed E-state index contributed by atoms with van der Waals surface area (Å²) in [5.74, 6) is -1.84. The van der Waals surface area contributed by atoms with Crippen LogP contribution < -0.4 is 10.0 Å². The van der Waals surface area contributed by atoms with Crippen LogP contribution >= 0.6 is 11.3 Å². The lowest BCUT2D eigenvalue weighted by atomic mass is 9.97. The first kappa shape index (κ1) is 19.1. The van der Waals surface area contributed by atoms with Crippen LogP contribution in [-0.4, -0.2) is 32.4 Å². The van der Waals surface area contributed by atoms with Gasteiger partial charge in [-0.1, -0.05) is 18.2 Å². The highest BCUT2D eigenvalue weighted by Gasteiger charge is 2.26. The molecular weight excluding hydrogens is 364 g/mol. The monoisotopic (exact) mass is 382 g/mol. The number of benzene rings is 1. The van der Waals surface area contributed by atoms with Crippen LogP contribution in [0, 0.1) is 13.8 Å². The molecule has 1 amide bonds. The van der Waals surface area contributed by atoms with Crippen molar-refractivity contribution in [2.24, 2.45) is 0 Å². The molecule has 3 N–H and O–H groups in total. The standard InChI is InChI=1S/C16H18N2O5S2/c1-9-5-4-6-12(10(9)2)14(16(20)21)18-15(19)13-7-11(8-24-13)25(22,23)17-3/h4-8,14,17H,1-3H3,(H,18,19)(H,20,21). The van der Waals surface area contributed by atoms with Gasteiger partial charge in [0.05, 0.1) is 9.77 Å². The lowest BCUT2D eigenvalue weighted by Gasteiger charge is -2.17. The Labute approximate surface area is 149 Å². The van der Waals surface area contributed by atoms with Gasteiger partial charge in [-0.15, -0.1) is 11.3 Å². The third kappa shape index (κ3) is 4.06. The van der Waals surface area contributed by atoms with Gasteiger partial charge in [0, 0.05) is 5.38 Å². The molecule has 7 nitrogen and oxygen atoms in total. The summed E-state index contributed by atoms with van der Waals surface area (Å²) in [6.45, 7) is 3.64. The summed E-state index contributed by atoms with van der Waals surface area (Å²) in [5, 5.41) is 13.3. The summed E-state index contributed by atoms with van der Waals surface area (Å²) in [6.07, 6.45) is 0. The minimum atomic E-state index is -3.66. The first-order valence-corrected chi connectivity index (χ1v) is 9.65. The quantitative estimate of drug-likeness (QED) is 0.705. The molecule has 2 rings (SSSR count). The van der Waals surface area contributed by atoms with E-state index in [2.05, 4.69) is 10.0 Å². The summed E-state index contributed by atoms with van der Waals surface area (Å²) in [5.41, 5.74) is 2.18. The smallest absolute Gasteiger partial charge is 0.330 e. The van der Waals surface area contributed by atoms with E-state index in [9.17, 15) is 23.1 Å². The first-order chi connectivity index (χ1) is 11.7. The molecule has 1 unspecified atom stereocenters. The largest absolute Gasteiger partial charge is 0.479 e. The number of carbonyl (C=O) groups is 2. The third-order valence-electron chi connectivity index (χ3n) is 3.86. The van der Waals surface area contributed by atoms with Gasteiger partial charge in [-0.25, -0.2) is 17.9 Å². The van der Waals surface area contributed by atoms with Gasteiger partial charge in [-0.2, -0.15) is 0 Å². The number of hydrogen-bond donors (Lipinski definition) is 3. The van der Waals surface area contributed by atoms with Crippen molar-refractivity contribution in [1.82, 2.24) is 10.0 Å². The highest BCUT2D eigenvalue weighted by molar-refractivity contribution is 7.89. The highest BCUT2D eigenvalue weighted by Crippen LogP contribution is 2.23. The maximum absolute atomic E-state index is 12.4. The Bertz CT molecular complexity index is 918. The zero-order valence-electron chi connectivity index (χ0n) is 13.9. The van der Waals surface area contributed by atoms with Gasteiger partial charge < -0.3 is 10.4 Å². The predicted octanol–water partition coefficient (Wildman–Crippen LogP) is 1.83. The Balaban J connectivity index is 2.31. The Morgan fingerprint density at radius 2 is 1.92 bits per heavy atom. The van der Waals surface area contributed by atoms with Gasteiger partial charge in [0.2, 0.25) is 10.0 Å². The Kier molecular flexibility index (Phi) is 5.61. The number of rotatable bonds is 6. The molecular formula is C16H18N2O5S2. The summed E-state index contributed by atoms with van der Waals surface area (Å²) in [6, 6.07) is 5.22. The second-order valence-electron chi connectivity index (χ2n) is 5.39. The number of thiophene rings is 1. The number of carboxylic acid groups (broad SMARTS) is 1. The SMILES string of the molecule is CNS(=O)(=O)c1csc(C(=O)NC(C(=O)O)c2cccc(C)c2C)c1. The van der Waals surface area contributed by atoms with Gasteiger partial charge in [-0.3, -0.25) is 4.79 Å². The van der Waals surface area contributed by atoms with Crippen molar-refractivity contribution in [3.8, 4) is 0 Å². The van der Waals surface area contributed by atoms with Crippen molar-refractivity contribution in [3.63, 3.8) is 0 Å². The van der Waals surface area contributed by atoms with E-state index in [1.807, 2.05) is 13.0 Å². The van der Waals surface area contributed by atoms with E-state index < -0.39 is 27.9 Å². The molecule has 0 spiro atoms. The topological polar surface area (TPSA) is 113 Å². The molecule has 0 aliphatic rings. The van der Waals surface area contributed by atoms with E-state index in [-0.39, 0.29) is 9.77 Å². The van der Waals surface area contributed by atoms with E-state index in [0.717, 1.165) is 22.5 Å². The Morgan fingerprint density at radius 3 is 2.52 bits per heavy atom. The molecule has 1 aromatic carbocycles. The number of carbonyl (C=O) groups excluding carboxylic acids is 1. The molecule has 0 saturated carbocycles. The summed E-state index contributed by atoms with van der Waals surface area (Å²) in [4.78, 5) is 24.1. The number of amides is 1. The van der Waals surface area contributed by atoms with Crippen molar-refractivity contribution in [3.05, 3.63) is 51.2 Å². The lowest BCUT2D eigenvalue weighted by molar-refractivity contribution is -0.139. The molecule has 0 radical (unpaired) electrons. The Morgan fingerprint density at radius 1 is 1.24 bits per heavy atom. The molecule has 25 heavy (non-hydrogen) atoms. The maximum atomic E-state index is 12.4. The molecule has 1 aromatic heterocycles. The van der Waals surface area contributed by atoms with Crippen molar-refractivity contribution in [2.75, 3.05) is 7.05 Å². The molecule has 134 valence electrons. The van der Waals surface area contributed by atoms with Crippen LogP contribution in [0.4, 0.5) is 0 Å². The van der Waals surface area contributed by atoms with Gasteiger partial charge in [0.15, 0.2) is 6.04 Å². The fraction of sp³-hybridized carbons (Fsp3) is 0.250. The number of sulfonamides is 1. The van der Waals surface area contributed by atoms with Crippen LogP contribution in [0.25, 0.3) is 0 Å². The maximum Gasteiger partial charge on any atom is 0.330 e. The molecule has 0 saturated heterocycles. The molecule has 9 heteroatoms. The van der Waals surface area contributed by atoms with Crippen LogP contribution in [0.3, 0.4) is 0 Å². The first-order valence-electron chi connectivity index (χ1n) is 7.29. The van der Waals surface area contributed by atoms with E-state index in [0.29, 0.717) is 5.56 Å². The second kappa shape index (κ2) is 7.34. The lowest BCUT2D eigenvalue weighted by Crippen LogP contribution is -2.34. The number of aliphatic carboxylic acids is 1. The predicted molar refractivity (Wildman–Crippen MR) is 94.3 cm³/mol. The number of hydrogen-bond acceptors (Lipinski definition) is 5. The van der Waals surface area contributed by atoms with E-state index in [1.54, 1.807) is 19.1 Å². The van der Waals surface area contributed by atoms with E-state index in [4.69, 9.17) is 0 Å². The molecule has 2 aromatic rings. The number of carboxylic acids is 1. The summed E-state index contributed by atoms with van der Waals surface area (Å²) < 4.78 is 25.6. The van der Waals surface area contributed by atoms with Gasteiger partial charge >= 0.3 is 5.97 Å². The number of aryl methyl sites for hydroxylation is 1. The van der Waals surface area contributed by atoms with Crippen molar-refractivity contribution in [1.29, 1.82) is 0 Å². The summed E-state index contributed by atoms with van der Waals surface area (Å²) >= 11 is 0.932. The zero-order valence-corrected chi connectivity index (χ0v) is 15.5. The van der Waals surface area contributed by atoms with E-state index >= 15 is 0 Å². The fourth-order valence-corrected chi connectivity index (χ4v) is 4.16. The molecule has 0 fully saturated rings. The second-order valence-corrected chi connectivity index (χ2v) is 8.19. The normalized spacial score (nSPS) is 12.6. The van der Waals surface area contributed by atoms with Gasteiger partial charge in [0.25, 0.3) is 5.91 Å². The average molecular weight is 382 g/mol. The minimum Gasteiger partial charge on any atom is -0.479 e. The van der Waals surface area contributed by atoms with Crippen LogP contribution in [-0.2, 0) is 14.8 Å². The average Bonchev–Trinajstić information content (AvgIpc) is 3.06. The van der Waals surface area contributed by atoms with Gasteiger partial charge in [-0.05, 0) is 43.7 Å².